The minimum Gasteiger partial charge on any atom is -0.465 e. The molecule has 2 saturated carbocycles. The van der Waals surface area contributed by atoms with E-state index in [2.05, 4.69) is 39.7 Å². The van der Waals surface area contributed by atoms with E-state index in [9.17, 15) is 4.79 Å². The van der Waals surface area contributed by atoms with E-state index in [0.717, 1.165) is 23.3 Å². The van der Waals surface area contributed by atoms with Crippen molar-refractivity contribution in [2.45, 2.75) is 71.0 Å². The molecule has 2 saturated heterocycles. The van der Waals surface area contributed by atoms with Crippen LogP contribution in [-0.4, -0.2) is 52.6 Å². The number of hydrogen-bond donors (Lipinski definition) is 2. The Balaban J connectivity index is 0.000000220. The molecule has 2 heterocycles. The standard InChI is InChI=1S/C16H26O.C4H7NO3.C2H2/c1-12(2)7-8-13-10-15(13,3)14-6-4-5-9-16(14)11-17-16;6-3-1-5(2-3)4(7)8;1-2/h7,13-14H,4-6,8-11H2,1-3H3;3,6H,1-2H2,(H,7,8);1-2H/t13-,14?,15?,16?;;/m0../s1. The van der Waals surface area contributed by atoms with E-state index in [-0.39, 0.29) is 13.1 Å². The van der Waals surface area contributed by atoms with Gasteiger partial charge in [-0.3, -0.25) is 0 Å². The highest BCUT2D eigenvalue weighted by Gasteiger charge is 2.65. The highest BCUT2D eigenvalue weighted by Crippen LogP contribution is 2.67. The Hall–Kier alpha value is -1.51. The molecule has 2 aliphatic carbocycles. The third kappa shape index (κ3) is 5.06. The lowest BCUT2D eigenvalue weighted by atomic mass is 9.70. The molecule has 4 aliphatic rings. The monoisotopic (exact) mass is 377 g/mol. The van der Waals surface area contributed by atoms with E-state index in [1.165, 1.54) is 44.1 Å². The van der Waals surface area contributed by atoms with E-state index in [1.54, 1.807) is 0 Å². The summed E-state index contributed by atoms with van der Waals surface area (Å²) in [6.07, 6.45) is 17.4. The van der Waals surface area contributed by atoms with Crippen molar-refractivity contribution >= 4 is 6.09 Å². The predicted molar refractivity (Wildman–Crippen MR) is 106 cm³/mol. The van der Waals surface area contributed by atoms with Crippen LogP contribution < -0.4 is 0 Å². The van der Waals surface area contributed by atoms with Crippen LogP contribution in [0.2, 0.25) is 0 Å². The third-order valence-corrected chi connectivity index (χ3v) is 6.69. The number of aliphatic hydroxyl groups is 1. The van der Waals surface area contributed by atoms with Gasteiger partial charge in [0, 0.05) is 0 Å². The molecule has 0 bridgehead atoms. The number of rotatable bonds is 3. The zero-order chi connectivity index (χ0) is 20.2. The maximum Gasteiger partial charge on any atom is 0.407 e. The number of aliphatic hydroxyl groups excluding tert-OH is 1. The molecular weight excluding hydrogens is 342 g/mol. The van der Waals surface area contributed by atoms with E-state index < -0.39 is 12.2 Å². The fraction of sp³-hybridized carbons (Fsp3) is 0.773. The van der Waals surface area contributed by atoms with Gasteiger partial charge < -0.3 is 19.8 Å². The van der Waals surface area contributed by atoms with Crippen LogP contribution in [0.1, 0.15) is 59.3 Å². The lowest BCUT2D eigenvalue weighted by Crippen LogP contribution is -2.52. The molecule has 27 heavy (non-hydrogen) atoms. The molecule has 0 aromatic rings. The molecule has 2 aliphatic heterocycles. The molecule has 4 fully saturated rings. The normalized spacial score (nSPS) is 36.3. The first-order valence-corrected chi connectivity index (χ1v) is 10.0. The molecule has 0 radical (unpaired) electrons. The lowest BCUT2D eigenvalue weighted by Gasteiger charge is -2.34. The first kappa shape index (κ1) is 21.8. The molecule has 1 amide bonds. The number of hydrogen-bond acceptors (Lipinski definition) is 3. The Bertz CT molecular complexity index is 570. The summed E-state index contributed by atoms with van der Waals surface area (Å²) in [5.41, 5.74) is 2.41. The number of carbonyl (C=O) groups is 1. The van der Waals surface area contributed by atoms with Crippen LogP contribution in [0.25, 0.3) is 0 Å². The van der Waals surface area contributed by atoms with Gasteiger partial charge in [0.1, 0.15) is 0 Å². The highest BCUT2D eigenvalue weighted by atomic mass is 16.6. The predicted octanol–water partition coefficient (Wildman–Crippen LogP) is 3.92. The van der Waals surface area contributed by atoms with Crippen LogP contribution in [0.4, 0.5) is 4.79 Å². The number of allylic oxidation sites excluding steroid dienone is 2. The van der Waals surface area contributed by atoms with Gasteiger partial charge >= 0.3 is 6.09 Å². The SMILES string of the molecule is C#C.CC(C)=CC[C@H]1CC1(C)C1CCCCC12CO2.O=C(O)N1CC(O)C1. The number of carboxylic acid groups (broad SMARTS) is 1. The van der Waals surface area contributed by atoms with Gasteiger partial charge in [-0.2, -0.15) is 0 Å². The van der Waals surface area contributed by atoms with Gasteiger partial charge in [0.2, 0.25) is 0 Å². The summed E-state index contributed by atoms with van der Waals surface area (Å²) >= 11 is 0. The van der Waals surface area contributed by atoms with Crippen molar-refractivity contribution in [1.29, 1.82) is 0 Å². The van der Waals surface area contributed by atoms with Crippen LogP contribution in [0, 0.1) is 30.1 Å². The van der Waals surface area contributed by atoms with E-state index in [0.29, 0.717) is 11.0 Å². The Morgan fingerprint density at radius 3 is 2.37 bits per heavy atom. The summed E-state index contributed by atoms with van der Waals surface area (Å²) in [4.78, 5) is 11.1. The largest absolute Gasteiger partial charge is 0.465 e. The summed E-state index contributed by atoms with van der Waals surface area (Å²) in [6.45, 7) is 8.56. The number of terminal acetylenes is 1. The summed E-state index contributed by atoms with van der Waals surface area (Å²) in [5.74, 6) is 1.79. The fourth-order valence-corrected chi connectivity index (χ4v) is 4.82. The Kier molecular flexibility index (Phi) is 6.99. The van der Waals surface area contributed by atoms with Crippen molar-refractivity contribution in [3.8, 4) is 12.8 Å². The smallest absolute Gasteiger partial charge is 0.407 e. The zero-order valence-corrected chi connectivity index (χ0v) is 17.0. The fourth-order valence-electron chi connectivity index (χ4n) is 4.82. The second kappa shape index (κ2) is 8.67. The average molecular weight is 378 g/mol. The van der Waals surface area contributed by atoms with Gasteiger partial charge in [-0.1, -0.05) is 31.4 Å². The number of nitrogens with zero attached hydrogens (tertiary/aromatic N) is 1. The summed E-state index contributed by atoms with van der Waals surface area (Å²) in [6, 6.07) is 0. The maximum absolute atomic E-state index is 9.94. The molecule has 5 heteroatoms. The molecule has 5 nitrogen and oxygen atoms in total. The third-order valence-electron chi connectivity index (χ3n) is 6.69. The number of epoxide rings is 1. The lowest BCUT2D eigenvalue weighted by molar-refractivity contribution is 0.00985. The topological polar surface area (TPSA) is 73.3 Å². The molecule has 0 aromatic carbocycles. The molecule has 2 N–H and O–H groups in total. The van der Waals surface area contributed by atoms with Gasteiger partial charge in [-0.05, 0) is 56.8 Å². The molecule has 4 atom stereocenters. The van der Waals surface area contributed by atoms with Gasteiger partial charge in [-0.15, -0.1) is 12.8 Å². The molecule has 1 spiro atoms. The van der Waals surface area contributed by atoms with Crippen molar-refractivity contribution in [2.24, 2.45) is 17.3 Å². The minimum absolute atomic E-state index is 0.273. The van der Waals surface area contributed by atoms with Crippen molar-refractivity contribution in [2.75, 3.05) is 19.7 Å². The van der Waals surface area contributed by atoms with Crippen molar-refractivity contribution in [3.63, 3.8) is 0 Å². The summed E-state index contributed by atoms with van der Waals surface area (Å²) in [7, 11) is 0. The summed E-state index contributed by atoms with van der Waals surface area (Å²) in [5, 5.41) is 16.7. The van der Waals surface area contributed by atoms with Crippen LogP contribution in [-0.2, 0) is 4.74 Å². The first-order valence-electron chi connectivity index (χ1n) is 10.0. The highest BCUT2D eigenvalue weighted by molar-refractivity contribution is 5.66. The Morgan fingerprint density at radius 2 is 1.93 bits per heavy atom. The zero-order valence-electron chi connectivity index (χ0n) is 17.0. The minimum atomic E-state index is -0.949. The van der Waals surface area contributed by atoms with Crippen LogP contribution in [0.15, 0.2) is 11.6 Å². The van der Waals surface area contributed by atoms with Crippen molar-refractivity contribution < 1.29 is 19.7 Å². The van der Waals surface area contributed by atoms with Crippen LogP contribution >= 0.6 is 0 Å². The van der Waals surface area contributed by atoms with E-state index >= 15 is 0 Å². The number of β-amino-alcohol motifs (C(OH)–C–C–N with tert-alkyl or cyclic N) is 1. The molecular formula is C22H35NO4. The molecule has 152 valence electrons. The first-order chi connectivity index (χ1) is 12.8. The molecule has 4 rings (SSSR count). The molecule has 3 unspecified atom stereocenters. The number of likely N-dealkylation sites (tertiary alicyclic amines) is 1. The van der Waals surface area contributed by atoms with Crippen molar-refractivity contribution in [3.05, 3.63) is 11.6 Å². The average Bonchev–Trinajstić information content (AvgIpc) is 3.51. The van der Waals surface area contributed by atoms with Gasteiger partial charge in [-0.25, -0.2) is 4.79 Å². The Labute approximate surface area is 163 Å². The molecule has 0 aromatic heterocycles. The van der Waals surface area contributed by atoms with Gasteiger partial charge in [0.15, 0.2) is 0 Å². The number of amides is 1. The van der Waals surface area contributed by atoms with Crippen molar-refractivity contribution in [1.82, 2.24) is 4.90 Å². The van der Waals surface area contributed by atoms with Gasteiger partial charge in [0.25, 0.3) is 0 Å². The maximum atomic E-state index is 9.94. The number of ether oxygens (including phenoxy) is 1. The second-order valence-electron chi connectivity index (χ2n) is 8.92. The van der Waals surface area contributed by atoms with Crippen LogP contribution in [0.3, 0.4) is 0 Å². The van der Waals surface area contributed by atoms with Gasteiger partial charge in [0.05, 0.1) is 31.4 Å². The van der Waals surface area contributed by atoms with Crippen LogP contribution in [0.5, 0.6) is 0 Å². The summed E-state index contributed by atoms with van der Waals surface area (Å²) < 4.78 is 5.87. The quantitative estimate of drug-likeness (QED) is 0.444. The van der Waals surface area contributed by atoms with E-state index in [1.807, 2.05) is 0 Å². The van der Waals surface area contributed by atoms with E-state index in [4.69, 9.17) is 14.9 Å². The Morgan fingerprint density at radius 1 is 1.30 bits per heavy atom. The second-order valence-corrected chi connectivity index (χ2v) is 8.92.